The Bertz CT molecular complexity index is 4620. The number of hydrogen-bond acceptors (Lipinski definition) is 5. The Balaban J connectivity index is 0.000000168. The van der Waals surface area contributed by atoms with Crippen molar-refractivity contribution in [2.45, 2.75) is 0 Å². The van der Waals surface area contributed by atoms with Crippen molar-refractivity contribution in [2.75, 3.05) is 19.6 Å². The minimum atomic E-state index is 1.12. The van der Waals surface area contributed by atoms with Crippen LogP contribution in [0.1, 0.15) is 22.3 Å². The van der Waals surface area contributed by atoms with Gasteiger partial charge >= 0.3 is 0 Å². The summed E-state index contributed by atoms with van der Waals surface area (Å²) in [6, 6.07) is 137. The average molecular weight is 1260 g/mol. The van der Waals surface area contributed by atoms with E-state index in [1.54, 1.807) is 0 Å². The minimum Gasteiger partial charge on any atom is -0.344 e. The summed E-state index contributed by atoms with van der Waals surface area (Å²) in [7, 11) is 6.97. The average Bonchev–Trinajstić information content (AvgIpc) is 0.805. The van der Waals surface area contributed by atoms with E-state index in [1.165, 1.54) is 32.7 Å². The molecule has 0 aliphatic rings. The van der Waals surface area contributed by atoms with E-state index in [1.807, 2.05) is 0 Å². The summed E-state index contributed by atoms with van der Waals surface area (Å²) in [6.07, 6.45) is 8.66. The van der Waals surface area contributed by atoms with Crippen LogP contribution in [0.5, 0.6) is 0 Å². The third kappa shape index (κ3) is 15.5. The maximum atomic E-state index is 4.39. The first-order valence-electron chi connectivity index (χ1n) is 32.5. The molecule has 0 spiro atoms. The zero-order chi connectivity index (χ0) is 65.8. The van der Waals surface area contributed by atoms with Crippen LogP contribution < -0.4 is 19.6 Å². The van der Waals surface area contributed by atoms with Crippen molar-refractivity contribution in [1.29, 1.82) is 0 Å². The van der Waals surface area contributed by atoms with E-state index in [4.69, 9.17) is 0 Å². The Morgan fingerprint density at radius 3 is 0.680 bits per heavy atom. The predicted octanol–water partition coefficient (Wildman–Crippen LogP) is 26.0. The molecule has 15 rings (SSSR count). The molecule has 15 aromatic carbocycles. The summed E-state index contributed by atoms with van der Waals surface area (Å²) in [4.78, 5) is 9.24. The topological polar surface area (TPSA) is 25.3 Å². The molecule has 0 bridgehead atoms. The molecule has 7 heteroatoms. The molecule has 0 atom stereocenters. The van der Waals surface area contributed by atoms with Gasteiger partial charge in [0.1, 0.15) is 0 Å². The second-order valence-corrected chi connectivity index (χ2v) is 23.3. The molecule has 0 unspecified atom stereocenters. The Kier molecular flexibility index (Phi) is 20.6. The second kappa shape index (κ2) is 31.5. The first-order chi connectivity index (χ1) is 48.0. The summed E-state index contributed by atoms with van der Waals surface area (Å²) in [5, 5.41) is 4.90. The fraction of sp³-hybridized carbons (Fsp3) is 0. The predicted molar refractivity (Wildman–Crippen MR) is 419 cm³/mol. The van der Waals surface area contributed by atoms with E-state index in [0.717, 1.165) is 90.5 Å². The number of benzene rings is 15. The summed E-state index contributed by atoms with van der Waals surface area (Å²) in [5.74, 6) is 0. The van der Waals surface area contributed by atoms with Gasteiger partial charge in [-0.2, -0.15) is 0 Å². The van der Waals surface area contributed by atoms with Crippen molar-refractivity contribution in [3.8, 4) is 11.1 Å². The molecule has 5 nitrogen and oxygen atoms in total. The van der Waals surface area contributed by atoms with Gasteiger partial charge in [-0.3, -0.25) is 0 Å². The van der Waals surface area contributed by atoms with Crippen LogP contribution in [0.3, 0.4) is 0 Å². The zero-order valence-corrected chi connectivity index (χ0v) is 54.6. The molecule has 0 aliphatic heterocycles. The van der Waals surface area contributed by atoms with Crippen molar-refractivity contribution in [3.05, 3.63) is 411 Å². The van der Waals surface area contributed by atoms with Crippen molar-refractivity contribution in [1.82, 2.24) is 0 Å². The molecule has 0 aliphatic carbocycles. The molecule has 0 saturated heterocycles. The lowest BCUT2D eigenvalue weighted by molar-refractivity contribution is 1.28. The third-order valence-electron chi connectivity index (χ3n) is 16.9. The lowest BCUT2D eigenvalue weighted by Gasteiger charge is -2.27. The van der Waals surface area contributed by atoms with Crippen LogP contribution in [0.4, 0.5) is 68.2 Å². The van der Waals surface area contributed by atoms with Gasteiger partial charge in [-0.15, -0.1) is 0 Å². The maximum absolute atomic E-state index is 4.39. The third-order valence-corrected chi connectivity index (χ3v) is 16.9. The number of anilines is 12. The van der Waals surface area contributed by atoms with E-state index in [9.17, 15) is 0 Å². The molecule has 0 fully saturated rings. The van der Waals surface area contributed by atoms with Crippen LogP contribution >= 0.6 is 9.03 Å². The molecule has 0 N–H and O–H groups in total. The highest BCUT2D eigenvalue weighted by atomic mass is 31.0. The molecule has 462 valence electrons. The number of rotatable bonds is 17. The van der Waals surface area contributed by atoms with E-state index in [2.05, 4.69) is 454 Å². The first kappa shape index (κ1) is 63.4. The van der Waals surface area contributed by atoms with E-state index in [0.29, 0.717) is 0 Å². The van der Waals surface area contributed by atoms with Crippen LogP contribution in [-0.4, -0.2) is 7.98 Å². The number of nitrogens with zero attached hydrogens (tertiary/aromatic N) is 5. The molecule has 0 aromatic heterocycles. The Morgan fingerprint density at radius 1 is 0.206 bits per heavy atom. The van der Waals surface area contributed by atoms with Crippen LogP contribution in [-0.2, 0) is 0 Å². The fourth-order valence-corrected chi connectivity index (χ4v) is 12.2. The molecule has 0 heterocycles. The summed E-state index contributed by atoms with van der Waals surface area (Å²) in [6.45, 7) is 0. The highest BCUT2D eigenvalue weighted by Gasteiger charge is 2.19. The summed E-state index contributed by atoms with van der Waals surface area (Å²) < 4.78 is 2.81. The lowest BCUT2D eigenvalue weighted by Crippen LogP contribution is -2.10. The molecule has 0 amide bonds. The number of para-hydroxylation sites is 6. The van der Waals surface area contributed by atoms with Gasteiger partial charge in [-0.05, 0) is 187 Å². The Labute approximate surface area is 573 Å². The van der Waals surface area contributed by atoms with Gasteiger partial charge in [0.15, 0.2) is 0 Å². The largest absolute Gasteiger partial charge is 0.344 e. The van der Waals surface area contributed by atoms with Gasteiger partial charge < -0.3 is 24.3 Å². The molecule has 0 saturated carbocycles. The van der Waals surface area contributed by atoms with E-state index >= 15 is 0 Å². The van der Waals surface area contributed by atoms with Gasteiger partial charge in [-0.25, -0.2) is 0 Å². The van der Waals surface area contributed by atoms with E-state index < -0.39 is 0 Å². The van der Waals surface area contributed by atoms with Gasteiger partial charge in [0, 0.05) is 67.6 Å². The van der Waals surface area contributed by atoms with Crippen LogP contribution in [0.25, 0.3) is 57.0 Å². The smallest absolute Gasteiger partial charge is 0.265 e. The Hall–Kier alpha value is -12.3. The van der Waals surface area contributed by atoms with E-state index in [-0.39, 0.29) is 0 Å². The number of hydrogen-bond donors (Lipinski definition) is 0. The molecular formula is C90H69BN5P. The Morgan fingerprint density at radius 2 is 0.402 bits per heavy atom. The SMILES string of the molecule is C(=C\c1ccc(N(c2ccccc2)c2ccccc2)cc1)/c1ccc(/C=C/c2ccc(N(c3ccccc3)c3ccccc3)cc2)cc1.[B]N=P.c1ccc(N(c2ccc(-c3ccc(N(c4ccccc4)c4cccc5ccccc45)cc3)cc2)c2cccc3ccccc23)cc1. The van der Waals surface area contributed by atoms with Gasteiger partial charge in [0.2, 0.25) is 0 Å². The normalized spacial score (nSPS) is 10.9. The standard InChI is InChI=1S/C46H36N2.C44H32N2.BHNP/c1-5-13-41(14-6-1)47(42-15-7-2-8-16-42)45-33-29-39(30-34-45)27-25-37-21-23-38(24-22-37)26-28-40-31-35-46(36-32-40)48(43-17-9-3-10-18-43)44-19-11-4-12-20-44;1-3-17-37(18-4-1)45(43-23-11-15-35-13-7-9-21-41(35)43)39-29-25-33(26-30-39)34-27-31-40(32-28-34)46(38-19-5-2-6-20-38)44-24-12-16-36-14-8-10-22-42(36)44;1-2-3/h1-36H;1-32H;3H/b27-25+,28-26+;;. The number of fused-ring (bicyclic) bond motifs is 2. The van der Waals surface area contributed by atoms with Crippen LogP contribution in [0, 0.1) is 0 Å². The van der Waals surface area contributed by atoms with Gasteiger partial charge in [0.25, 0.3) is 7.98 Å². The summed E-state index contributed by atoms with van der Waals surface area (Å²) >= 11 is 0. The second-order valence-electron chi connectivity index (χ2n) is 23.1. The van der Waals surface area contributed by atoms with Crippen LogP contribution in [0.15, 0.2) is 393 Å². The van der Waals surface area contributed by atoms with Gasteiger partial charge in [-0.1, -0.05) is 279 Å². The first-order valence-corrected chi connectivity index (χ1v) is 32.9. The molecular weight excluding hydrogens is 1190 g/mol. The molecule has 2 radical (unpaired) electrons. The van der Waals surface area contributed by atoms with Crippen molar-refractivity contribution in [3.63, 3.8) is 0 Å². The van der Waals surface area contributed by atoms with Gasteiger partial charge in [0.05, 0.1) is 11.4 Å². The quantitative estimate of drug-likeness (QED) is 0.0515. The minimum absolute atomic E-state index is 1.12. The van der Waals surface area contributed by atoms with Crippen LogP contribution in [0.2, 0.25) is 0 Å². The maximum Gasteiger partial charge on any atom is 0.265 e. The summed E-state index contributed by atoms with van der Waals surface area (Å²) in [5.41, 5.74) is 20.6. The molecule has 97 heavy (non-hydrogen) atoms. The lowest BCUT2D eigenvalue weighted by atomic mass is 10.0. The highest BCUT2D eigenvalue weighted by Crippen LogP contribution is 2.43. The monoisotopic (exact) mass is 1260 g/mol. The van der Waals surface area contributed by atoms with Crippen molar-refractivity contribution < 1.29 is 0 Å². The van der Waals surface area contributed by atoms with Crippen molar-refractivity contribution in [2.24, 2.45) is 4.66 Å². The van der Waals surface area contributed by atoms with Crippen molar-refractivity contribution >= 4 is 131 Å². The highest BCUT2D eigenvalue weighted by molar-refractivity contribution is 7.05. The zero-order valence-electron chi connectivity index (χ0n) is 53.6. The fourth-order valence-electron chi connectivity index (χ4n) is 12.2. The molecule has 15 aromatic rings.